The van der Waals surface area contributed by atoms with Crippen LogP contribution in [0.2, 0.25) is 0 Å². The van der Waals surface area contributed by atoms with Gasteiger partial charge in [-0.15, -0.1) is 0 Å². The summed E-state index contributed by atoms with van der Waals surface area (Å²) >= 11 is 0. The van der Waals surface area contributed by atoms with Gasteiger partial charge in [-0.05, 0) is 62.7 Å². The fourth-order valence-electron chi connectivity index (χ4n) is 2.79. The van der Waals surface area contributed by atoms with Crippen molar-refractivity contribution in [2.24, 2.45) is 0 Å². The summed E-state index contributed by atoms with van der Waals surface area (Å²) in [6, 6.07) is 10.5. The Bertz CT molecular complexity index is 909. The number of halogens is 1. The third-order valence-electron chi connectivity index (χ3n) is 4.37. The molecular weight excluding hydrogens is 367 g/mol. The molecule has 0 spiro atoms. The Morgan fingerprint density at radius 2 is 1.81 bits per heavy atom. The zero-order valence-electron chi connectivity index (χ0n) is 15.8. The average Bonchev–Trinajstić information content (AvgIpc) is 2.63. The molecule has 0 radical (unpaired) electrons. The summed E-state index contributed by atoms with van der Waals surface area (Å²) in [6.07, 6.45) is -0.198. The molecule has 2 aromatic rings. The van der Waals surface area contributed by atoms with Crippen LogP contribution in [0.4, 0.5) is 15.8 Å². The van der Waals surface area contributed by atoms with Crippen LogP contribution in [0.3, 0.4) is 0 Å². The highest BCUT2D eigenvalue weighted by Crippen LogP contribution is 2.23. The molecule has 146 valence electrons. The van der Waals surface area contributed by atoms with Crippen LogP contribution in [0.1, 0.15) is 25.8 Å². The number of nitrogens with one attached hydrogen (secondary N) is 1. The molecule has 1 amide bonds. The number of benzene rings is 2. The number of hydrogen-bond donors (Lipinski definition) is 1. The van der Waals surface area contributed by atoms with E-state index in [1.54, 1.807) is 0 Å². The Hall–Kier alpha value is -2.41. The van der Waals surface area contributed by atoms with E-state index in [0.29, 0.717) is 5.69 Å². The van der Waals surface area contributed by atoms with Crippen molar-refractivity contribution >= 4 is 27.1 Å². The van der Waals surface area contributed by atoms with Crippen molar-refractivity contribution in [3.8, 4) is 0 Å². The maximum Gasteiger partial charge on any atom is 0.225 e. The van der Waals surface area contributed by atoms with Gasteiger partial charge < -0.3 is 10.2 Å². The van der Waals surface area contributed by atoms with Crippen LogP contribution in [-0.2, 0) is 14.6 Å². The molecule has 0 aromatic heterocycles. The average molecular weight is 392 g/mol. The van der Waals surface area contributed by atoms with Crippen LogP contribution in [-0.4, -0.2) is 33.2 Å². The fourth-order valence-corrected chi connectivity index (χ4v) is 4.06. The van der Waals surface area contributed by atoms with Crippen LogP contribution in [0.5, 0.6) is 0 Å². The highest BCUT2D eigenvalue weighted by molar-refractivity contribution is 7.91. The van der Waals surface area contributed by atoms with E-state index in [0.717, 1.165) is 30.4 Å². The van der Waals surface area contributed by atoms with E-state index in [1.807, 2.05) is 25.1 Å². The molecule has 0 unspecified atom stereocenters. The van der Waals surface area contributed by atoms with E-state index in [4.69, 9.17) is 0 Å². The van der Waals surface area contributed by atoms with Crippen LogP contribution in [0, 0.1) is 12.7 Å². The molecule has 0 bridgehead atoms. The highest BCUT2D eigenvalue weighted by atomic mass is 32.2. The third-order valence-corrected chi connectivity index (χ3v) is 6.08. The van der Waals surface area contributed by atoms with E-state index in [-0.39, 0.29) is 17.1 Å². The third kappa shape index (κ3) is 5.53. The molecule has 0 aliphatic rings. The molecule has 1 N–H and O–H groups in total. The number of sulfone groups is 1. The standard InChI is InChI=1S/C20H25FN2O3S/c1-4-23(5-2)17-9-10-19(15(3)13-17)22-20(24)11-12-27(25,26)18-8-6-7-16(21)14-18/h6-10,13-14H,4-5,11-12H2,1-3H3,(H,22,24). The first kappa shape index (κ1) is 20.9. The molecule has 0 saturated heterocycles. The first-order valence-electron chi connectivity index (χ1n) is 8.90. The van der Waals surface area contributed by atoms with Gasteiger partial charge in [-0.25, -0.2) is 12.8 Å². The smallest absolute Gasteiger partial charge is 0.225 e. The van der Waals surface area contributed by atoms with Crippen molar-refractivity contribution in [2.45, 2.75) is 32.1 Å². The number of hydrogen-bond acceptors (Lipinski definition) is 4. The summed E-state index contributed by atoms with van der Waals surface area (Å²) in [5.74, 6) is -1.39. The lowest BCUT2D eigenvalue weighted by Gasteiger charge is -2.22. The lowest BCUT2D eigenvalue weighted by atomic mass is 10.1. The molecule has 0 aliphatic heterocycles. The van der Waals surface area contributed by atoms with Gasteiger partial charge in [-0.1, -0.05) is 6.07 Å². The normalized spacial score (nSPS) is 11.3. The van der Waals surface area contributed by atoms with E-state index < -0.39 is 21.6 Å². The number of rotatable bonds is 8. The predicted octanol–water partition coefficient (Wildman–Crippen LogP) is 3.78. The van der Waals surface area contributed by atoms with Crippen LogP contribution >= 0.6 is 0 Å². The van der Waals surface area contributed by atoms with Crippen molar-refractivity contribution in [1.82, 2.24) is 0 Å². The maximum atomic E-state index is 13.2. The topological polar surface area (TPSA) is 66.5 Å². The first-order chi connectivity index (χ1) is 12.8. The van der Waals surface area contributed by atoms with Gasteiger partial charge >= 0.3 is 0 Å². The SMILES string of the molecule is CCN(CC)c1ccc(NC(=O)CCS(=O)(=O)c2cccc(F)c2)c(C)c1. The van der Waals surface area contributed by atoms with Gasteiger partial charge in [0.2, 0.25) is 5.91 Å². The first-order valence-corrected chi connectivity index (χ1v) is 10.6. The minimum atomic E-state index is -3.71. The summed E-state index contributed by atoms with van der Waals surface area (Å²) in [5, 5.41) is 2.75. The molecule has 0 saturated carbocycles. The number of anilines is 2. The van der Waals surface area contributed by atoms with Gasteiger partial charge in [-0.3, -0.25) is 4.79 Å². The minimum absolute atomic E-state index is 0.116. The molecule has 0 aliphatic carbocycles. The maximum absolute atomic E-state index is 13.2. The van der Waals surface area contributed by atoms with Crippen molar-refractivity contribution < 1.29 is 17.6 Å². The largest absolute Gasteiger partial charge is 0.372 e. The number of carbonyl (C=O) groups excluding carboxylic acids is 1. The summed E-state index contributed by atoms with van der Waals surface area (Å²) in [7, 11) is -3.71. The Balaban J connectivity index is 2.01. The molecule has 27 heavy (non-hydrogen) atoms. The molecular formula is C20H25FN2O3S. The Kier molecular flexibility index (Phi) is 6.96. The molecule has 0 heterocycles. The van der Waals surface area contributed by atoms with E-state index in [1.165, 1.54) is 18.2 Å². The lowest BCUT2D eigenvalue weighted by molar-refractivity contribution is -0.115. The number of amides is 1. The Morgan fingerprint density at radius 1 is 1.11 bits per heavy atom. The molecule has 0 fully saturated rings. The quantitative estimate of drug-likeness (QED) is 0.742. The van der Waals surface area contributed by atoms with Gasteiger partial charge in [0.05, 0.1) is 10.6 Å². The zero-order valence-corrected chi connectivity index (χ0v) is 16.6. The number of carbonyl (C=O) groups is 1. The fraction of sp³-hybridized carbons (Fsp3) is 0.350. The molecule has 7 heteroatoms. The van der Waals surface area contributed by atoms with E-state index >= 15 is 0 Å². The molecule has 5 nitrogen and oxygen atoms in total. The van der Waals surface area contributed by atoms with Gasteiger partial charge in [-0.2, -0.15) is 0 Å². The van der Waals surface area contributed by atoms with Gasteiger partial charge in [0.15, 0.2) is 9.84 Å². The second kappa shape index (κ2) is 8.99. The summed E-state index contributed by atoms with van der Waals surface area (Å²) in [4.78, 5) is 14.3. The van der Waals surface area contributed by atoms with Gasteiger partial charge in [0.25, 0.3) is 0 Å². The number of aryl methyl sites for hydroxylation is 1. The van der Waals surface area contributed by atoms with Crippen LogP contribution in [0.25, 0.3) is 0 Å². The van der Waals surface area contributed by atoms with Crippen molar-refractivity contribution in [1.29, 1.82) is 0 Å². The minimum Gasteiger partial charge on any atom is -0.372 e. The lowest BCUT2D eigenvalue weighted by Crippen LogP contribution is -2.22. The van der Waals surface area contributed by atoms with Crippen LogP contribution in [0.15, 0.2) is 47.4 Å². The Morgan fingerprint density at radius 3 is 2.41 bits per heavy atom. The monoisotopic (exact) mass is 392 g/mol. The van der Waals surface area contributed by atoms with Crippen molar-refractivity contribution in [3.63, 3.8) is 0 Å². The van der Waals surface area contributed by atoms with E-state index in [2.05, 4.69) is 24.1 Å². The molecule has 2 aromatic carbocycles. The summed E-state index contributed by atoms with van der Waals surface area (Å²) in [5.41, 5.74) is 2.63. The zero-order chi connectivity index (χ0) is 20.0. The van der Waals surface area contributed by atoms with Gasteiger partial charge in [0.1, 0.15) is 5.82 Å². The molecule has 2 rings (SSSR count). The molecule has 0 atom stereocenters. The van der Waals surface area contributed by atoms with E-state index in [9.17, 15) is 17.6 Å². The van der Waals surface area contributed by atoms with Crippen molar-refractivity contribution in [2.75, 3.05) is 29.1 Å². The van der Waals surface area contributed by atoms with Crippen molar-refractivity contribution in [3.05, 3.63) is 53.8 Å². The van der Waals surface area contributed by atoms with Crippen LogP contribution < -0.4 is 10.2 Å². The van der Waals surface area contributed by atoms with Gasteiger partial charge in [0, 0.05) is 30.9 Å². The second-order valence-electron chi connectivity index (χ2n) is 6.25. The summed E-state index contributed by atoms with van der Waals surface area (Å²) in [6.45, 7) is 7.83. The second-order valence-corrected chi connectivity index (χ2v) is 8.36. The number of nitrogens with zero attached hydrogens (tertiary/aromatic N) is 1. The summed E-state index contributed by atoms with van der Waals surface area (Å²) < 4.78 is 37.7. The predicted molar refractivity (Wildman–Crippen MR) is 106 cm³/mol. The Labute approximate surface area is 160 Å². The highest BCUT2D eigenvalue weighted by Gasteiger charge is 2.17.